The van der Waals surface area contributed by atoms with E-state index in [0.717, 1.165) is 0 Å². The molecule has 4 aromatic rings. The maximum absolute atomic E-state index is 12.4. The van der Waals surface area contributed by atoms with Gasteiger partial charge in [-0.15, -0.1) is 10.2 Å². The number of aromatic nitrogens is 4. The second-order valence-corrected chi connectivity index (χ2v) is 5.38. The Bertz CT molecular complexity index is 1130. The maximum Gasteiger partial charge on any atom is 0.343 e. The van der Waals surface area contributed by atoms with Crippen molar-refractivity contribution in [2.75, 3.05) is 0 Å². The molecule has 2 aromatic carbocycles. The number of H-pyrrole nitrogens is 1. The van der Waals surface area contributed by atoms with Crippen LogP contribution in [0.3, 0.4) is 0 Å². The summed E-state index contributed by atoms with van der Waals surface area (Å²) in [5.74, 6) is 0.151. The summed E-state index contributed by atoms with van der Waals surface area (Å²) in [6.45, 7) is 0. The molecule has 25 heavy (non-hydrogen) atoms. The van der Waals surface area contributed by atoms with Gasteiger partial charge >= 0.3 is 11.7 Å². The summed E-state index contributed by atoms with van der Waals surface area (Å²) in [4.78, 5) is 26.7. The molecule has 0 amide bonds. The Kier molecular flexibility index (Phi) is 3.42. The summed E-state index contributed by atoms with van der Waals surface area (Å²) >= 11 is 0. The van der Waals surface area contributed by atoms with Crippen LogP contribution in [0.5, 0.6) is 5.75 Å². The Balaban J connectivity index is 1.62. The van der Waals surface area contributed by atoms with Crippen molar-refractivity contribution in [3.05, 3.63) is 64.9 Å². The Morgan fingerprint density at radius 1 is 1.24 bits per heavy atom. The fraction of sp³-hybridized carbons (Fsp3) is 0.0588. The van der Waals surface area contributed by atoms with Crippen molar-refractivity contribution in [2.24, 2.45) is 7.05 Å². The van der Waals surface area contributed by atoms with Crippen LogP contribution in [0.25, 0.3) is 22.5 Å². The van der Waals surface area contributed by atoms with Gasteiger partial charge in [-0.25, -0.2) is 9.59 Å². The molecule has 0 aliphatic rings. The number of aromatic amines is 1. The molecule has 124 valence electrons. The number of imidazole rings is 1. The molecular formula is C17H12N4O4. The summed E-state index contributed by atoms with van der Waals surface area (Å²) in [5, 5.41) is 7.44. The highest BCUT2D eigenvalue weighted by molar-refractivity contribution is 5.95. The van der Waals surface area contributed by atoms with Gasteiger partial charge in [0, 0.05) is 12.6 Å². The van der Waals surface area contributed by atoms with E-state index in [1.165, 1.54) is 11.0 Å². The molecule has 8 nitrogen and oxygen atoms in total. The largest absolute Gasteiger partial charge is 0.423 e. The van der Waals surface area contributed by atoms with Crippen molar-refractivity contribution < 1.29 is 13.9 Å². The molecule has 0 fully saturated rings. The van der Waals surface area contributed by atoms with E-state index in [4.69, 9.17) is 9.15 Å². The van der Waals surface area contributed by atoms with Gasteiger partial charge in [-0.2, -0.15) is 0 Å². The van der Waals surface area contributed by atoms with Gasteiger partial charge in [-0.1, -0.05) is 6.07 Å². The summed E-state index contributed by atoms with van der Waals surface area (Å²) in [5.41, 5.74) is 2.01. The first-order valence-electron chi connectivity index (χ1n) is 7.39. The van der Waals surface area contributed by atoms with Crippen molar-refractivity contribution in [1.29, 1.82) is 0 Å². The number of esters is 1. The summed E-state index contributed by atoms with van der Waals surface area (Å²) in [7, 11) is 1.65. The minimum absolute atomic E-state index is 0.243. The van der Waals surface area contributed by atoms with Crippen molar-refractivity contribution in [2.45, 2.75) is 0 Å². The average Bonchev–Trinajstić information content (AvgIpc) is 3.24. The van der Waals surface area contributed by atoms with Crippen LogP contribution < -0.4 is 10.4 Å². The molecule has 0 radical (unpaired) electrons. The lowest BCUT2D eigenvalue weighted by Gasteiger charge is -2.05. The lowest BCUT2D eigenvalue weighted by molar-refractivity contribution is 0.0735. The normalized spacial score (nSPS) is 10.9. The lowest BCUT2D eigenvalue weighted by Crippen LogP contribution is -2.11. The van der Waals surface area contributed by atoms with Crippen LogP contribution in [0, 0.1) is 0 Å². The van der Waals surface area contributed by atoms with E-state index in [1.807, 2.05) is 0 Å². The Morgan fingerprint density at radius 2 is 2.12 bits per heavy atom. The van der Waals surface area contributed by atoms with Gasteiger partial charge in [-0.05, 0) is 36.4 Å². The van der Waals surface area contributed by atoms with Crippen molar-refractivity contribution >= 4 is 17.0 Å². The summed E-state index contributed by atoms with van der Waals surface area (Å²) < 4.78 is 12.0. The molecule has 4 rings (SSSR count). The highest BCUT2D eigenvalue weighted by atomic mass is 16.5. The first kappa shape index (κ1) is 14.9. The number of ether oxygens (including phenoxy) is 1. The predicted molar refractivity (Wildman–Crippen MR) is 88.2 cm³/mol. The quantitative estimate of drug-likeness (QED) is 0.454. The number of carbonyl (C=O) groups is 1. The molecule has 0 aliphatic heterocycles. The van der Waals surface area contributed by atoms with E-state index in [1.54, 1.807) is 49.5 Å². The van der Waals surface area contributed by atoms with Gasteiger partial charge in [0.1, 0.15) is 5.75 Å². The van der Waals surface area contributed by atoms with Gasteiger partial charge in [0.25, 0.3) is 0 Å². The second-order valence-electron chi connectivity index (χ2n) is 5.38. The molecule has 8 heteroatoms. The molecule has 0 unspecified atom stereocenters. The number of hydrogen-bond acceptors (Lipinski definition) is 6. The number of carbonyl (C=O) groups excluding carboxylic acids is 1. The topological polar surface area (TPSA) is 103 Å². The smallest absolute Gasteiger partial charge is 0.343 e. The van der Waals surface area contributed by atoms with Crippen LogP contribution in [-0.2, 0) is 7.05 Å². The Labute approximate surface area is 140 Å². The fourth-order valence-corrected chi connectivity index (χ4v) is 2.52. The molecule has 2 aromatic heterocycles. The van der Waals surface area contributed by atoms with Gasteiger partial charge < -0.3 is 14.1 Å². The second kappa shape index (κ2) is 5.75. The number of hydrogen-bond donors (Lipinski definition) is 1. The van der Waals surface area contributed by atoms with Crippen LogP contribution in [0.1, 0.15) is 10.4 Å². The maximum atomic E-state index is 12.4. The van der Waals surface area contributed by atoms with E-state index in [9.17, 15) is 9.59 Å². The molecular weight excluding hydrogens is 324 g/mol. The molecule has 0 bridgehead atoms. The van der Waals surface area contributed by atoms with Crippen molar-refractivity contribution in [3.63, 3.8) is 0 Å². The molecule has 0 aliphatic carbocycles. The van der Waals surface area contributed by atoms with Crippen LogP contribution in [0.15, 0.2) is 58.1 Å². The first-order chi connectivity index (χ1) is 12.1. The average molecular weight is 336 g/mol. The number of aryl methyl sites for hydroxylation is 1. The number of nitrogens with zero attached hydrogens (tertiary/aromatic N) is 3. The predicted octanol–water partition coefficient (Wildman–Crippen LogP) is 2.14. The number of fused-ring (bicyclic) bond motifs is 1. The van der Waals surface area contributed by atoms with Crippen molar-refractivity contribution in [3.8, 4) is 17.2 Å². The van der Waals surface area contributed by atoms with E-state index in [0.29, 0.717) is 33.8 Å². The van der Waals surface area contributed by atoms with Crippen LogP contribution >= 0.6 is 0 Å². The lowest BCUT2D eigenvalue weighted by atomic mass is 10.2. The minimum Gasteiger partial charge on any atom is -0.423 e. The Morgan fingerprint density at radius 3 is 2.92 bits per heavy atom. The molecule has 0 atom stereocenters. The fourth-order valence-electron chi connectivity index (χ4n) is 2.52. The summed E-state index contributed by atoms with van der Waals surface area (Å²) in [6.07, 6.45) is 1.23. The van der Waals surface area contributed by atoms with E-state index in [2.05, 4.69) is 15.2 Å². The van der Waals surface area contributed by atoms with Crippen LogP contribution in [0.2, 0.25) is 0 Å². The van der Waals surface area contributed by atoms with Crippen LogP contribution in [-0.4, -0.2) is 25.7 Å². The standard InChI is InChI=1S/C17H12N4O4/c1-21-14-6-5-11(8-13(14)19-17(21)23)16(22)25-12-4-2-3-10(7-12)15-20-18-9-24-15/h2-9H,1H3,(H,19,23). The molecule has 2 heterocycles. The minimum atomic E-state index is -0.533. The van der Waals surface area contributed by atoms with E-state index >= 15 is 0 Å². The molecule has 0 saturated carbocycles. The molecule has 0 spiro atoms. The third-order valence-corrected chi connectivity index (χ3v) is 3.79. The third-order valence-electron chi connectivity index (χ3n) is 3.79. The van der Waals surface area contributed by atoms with Crippen molar-refractivity contribution in [1.82, 2.24) is 19.7 Å². The van der Waals surface area contributed by atoms with Gasteiger partial charge in [0.15, 0.2) is 0 Å². The SMILES string of the molecule is Cn1c(=O)[nH]c2cc(C(=O)Oc3cccc(-c4nnco4)c3)ccc21. The van der Waals surface area contributed by atoms with Gasteiger partial charge in [-0.3, -0.25) is 4.57 Å². The van der Waals surface area contributed by atoms with E-state index < -0.39 is 5.97 Å². The van der Waals surface area contributed by atoms with E-state index in [-0.39, 0.29) is 5.69 Å². The first-order valence-corrected chi connectivity index (χ1v) is 7.39. The molecule has 1 N–H and O–H groups in total. The third kappa shape index (κ3) is 2.69. The zero-order chi connectivity index (χ0) is 17.4. The monoisotopic (exact) mass is 336 g/mol. The van der Waals surface area contributed by atoms with Gasteiger partial charge in [0.2, 0.25) is 12.3 Å². The zero-order valence-electron chi connectivity index (χ0n) is 13.1. The molecule has 0 saturated heterocycles. The number of benzene rings is 2. The van der Waals surface area contributed by atoms with Crippen LogP contribution in [0.4, 0.5) is 0 Å². The van der Waals surface area contributed by atoms with Gasteiger partial charge in [0.05, 0.1) is 16.6 Å². The highest BCUT2D eigenvalue weighted by Crippen LogP contribution is 2.23. The Hall–Kier alpha value is -3.68. The number of rotatable bonds is 3. The zero-order valence-corrected chi connectivity index (χ0v) is 13.1. The highest BCUT2D eigenvalue weighted by Gasteiger charge is 2.13. The number of nitrogens with one attached hydrogen (secondary N) is 1. The summed E-state index contributed by atoms with van der Waals surface area (Å²) in [6, 6.07) is 11.7.